The van der Waals surface area contributed by atoms with Crippen LogP contribution in [0.2, 0.25) is 5.02 Å². The van der Waals surface area contributed by atoms with Crippen molar-refractivity contribution in [1.82, 2.24) is 4.98 Å². The van der Waals surface area contributed by atoms with Crippen molar-refractivity contribution in [1.29, 1.82) is 0 Å². The number of benzene rings is 2. The first-order chi connectivity index (χ1) is 12.9. The summed E-state index contributed by atoms with van der Waals surface area (Å²) in [6.45, 7) is 4.51. The predicted octanol–water partition coefficient (Wildman–Crippen LogP) is 4.95. The highest BCUT2D eigenvalue weighted by molar-refractivity contribution is 6.36. The SMILES string of the molecule is Cc1cc(C)c(C=C2C(=O)N(Cc3ccc(Cl)cc3)c3ccc(N)cc32)[nH]1. The van der Waals surface area contributed by atoms with Gasteiger partial charge >= 0.3 is 0 Å². The Morgan fingerprint density at radius 3 is 2.52 bits per heavy atom. The monoisotopic (exact) mass is 377 g/mol. The standard InChI is InChI=1S/C22H20ClN3O/c1-13-9-14(2)25-20(13)11-19-18-10-17(24)7-8-21(18)26(22(19)27)12-15-3-5-16(23)6-4-15/h3-11,25H,12,24H2,1-2H3. The number of carbonyl (C=O) groups excluding carboxylic acids is 1. The lowest BCUT2D eigenvalue weighted by atomic mass is 10.0. The van der Waals surface area contributed by atoms with Crippen LogP contribution in [0.5, 0.6) is 0 Å². The zero-order chi connectivity index (χ0) is 19.1. The van der Waals surface area contributed by atoms with Gasteiger partial charge in [-0.1, -0.05) is 23.7 Å². The quantitative estimate of drug-likeness (QED) is 0.500. The van der Waals surface area contributed by atoms with Gasteiger partial charge in [-0.15, -0.1) is 0 Å². The largest absolute Gasteiger partial charge is 0.399 e. The molecule has 0 radical (unpaired) electrons. The van der Waals surface area contributed by atoms with E-state index in [1.54, 1.807) is 4.90 Å². The molecule has 0 saturated heterocycles. The molecule has 5 heteroatoms. The minimum atomic E-state index is -0.0304. The van der Waals surface area contributed by atoms with Gasteiger partial charge in [-0.3, -0.25) is 4.79 Å². The Balaban J connectivity index is 1.78. The molecule has 4 nitrogen and oxygen atoms in total. The number of H-pyrrole nitrogens is 1. The van der Waals surface area contributed by atoms with Gasteiger partial charge in [0.2, 0.25) is 0 Å². The van der Waals surface area contributed by atoms with Crippen LogP contribution in [0.4, 0.5) is 11.4 Å². The van der Waals surface area contributed by atoms with Crippen LogP contribution in [0, 0.1) is 13.8 Å². The van der Waals surface area contributed by atoms with Crippen molar-refractivity contribution in [2.24, 2.45) is 0 Å². The van der Waals surface area contributed by atoms with E-state index in [0.29, 0.717) is 22.8 Å². The van der Waals surface area contributed by atoms with Gasteiger partial charge in [-0.05, 0) is 67.4 Å². The molecule has 4 rings (SSSR count). The van der Waals surface area contributed by atoms with Crippen molar-refractivity contribution < 1.29 is 4.79 Å². The molecule has 3 aromatic rings. The zero-order valence-corrected chi connectivity index (χ0v) is 16.0. The molecule has 1 aromatic heterocycles. The smallest absolute Gasteiger partial charge is 0.259 e. The summed E-state index contributed by atoms with van der Waals surface area (Å²) in [4.78, 5) is 18.3. The highest BCUT2D eigenvalue weighted by Crippen LogP contribution is 2.40. The van der Waals surface area contributed by atoms with Crippen molar-refractivity contribution in [3.05, 3.63) is 81.6 Å². The lowest BCUT2D eigenvalue weighted by molar-refractivity contribution is -0.113. The molecule has 3 N–H and O–H groups in total. The first-order valence-corrected chi connectivity index (χ1v) is 9.14. The summed E-state index contributed by atoms with van der Waals surface area (Å²) in [5.41, 5.74) is 13.2. The maximum absolute atomic E-state index is 13.2. The molecule has 0 atom stereocenters. The van der Waals surface area contributed by atoms with E-state index >= 15 is 0 Å². The van der Waals surface area contributed by atoms with Crippen LogP contribution in [0.15, 0.2) is 48.5 Å². The van der Waals surface area contributed by atoms with Gasteiger partial charge in [0.25, 0.3) is 5.91 Å². The predicted molar refractivity (Wildman–Crippen MR) is 112 cm³/mol. The summed E-state index contributed by atoms with van der Waals surface area (Å²) in [5, 5.41) is 0.679. The van der Waals surface area contributed by atoms with Crippen LogP contribution < -0.4 is 10.6 Å². The number of nitrogens with zero attached hydrogens (tertiary/aromatic N) is 1. The first kappa shape index (κ1) is 17.4. The number of aromatic amines is 1. The van der Waals surface area contributed by atoms with Crippen LogP contribution in [-0.4, -0.2) is 10.9 Å². The van der Waals surface area contributed by atoms with Crippen molar-refractivity contribution in [3.63, 3.8) is 0 Å². The Morgan fingerprint density at radius 2 is 1.85 bits per heavy atom. The van der Waals surface area contributed by atoms with E-state index in [2.05, 4.69) is 11.1 Å². The number of aromatic nitrogens is 1. The van der Waals surface area contributed by atoms with E-state index in [1.165, 1.54) is 0 Å². The Kier molecular flexibility index (Phi) is 4.28. The van der Waals surface area contributed by atoms with Gasteiger partial charge < -0.3 is 15.6 Å². The second-order valence-corrected chi connectivity index (χ2v) is 7.34. The minimum absolute atomic E-state index is 0.0304. The van der Waals surface area contributed by atoms with Gasteiger partial charge in [-0.25, -0.2) is 0 Å². The molecule has 0 unspecified atom stereocenters. The summed E-state index contributed by atoms with van der Waals surface area (Å²) in [6, 6.07) is 15.2. The molecule has 0 saturated carbocycles. The number of nitrogen functional groups attached to an aromatic ring is 1. The molecule has 0 fully saturated rings. The normalized spacial score (nSPS) is 14.9. The topological polar surface area (TPSA) is 62.1 Å². The third-order valence-corrected chi connectivity index (χ3v) is 5.06. The molecule has 0 bridgehead atoms. The zero-order valence-electron chi connectivity index (χ0n) is 15.2. The molecule has 2 heterocycles. The second kappa shape index (κ2) is 6.63. The highest BCUT2D eigenvalue weighted by Gasteiger charge is 2.32. The molecule has 136 valence electrons. The van der Waals surface area contributed by atoms with Gasteiger partial charge in [0.1, 0.15) is 0 Å². The second-order valence-electron chi connectivity index (χ2n) is 6.90. The number of fused-ring (bicyclic) bond motifs is 1. The van der Waals surface area contributed by atoms with Crippen LogP contribution in [-0.2, 0) is 11.3 Å². The van der Waals surface area contributed by atoms with E-state index in [4.69, 9.17) is 17.3 Å². The maximum Gasteiger partial charge on any atom is 0.259 e. The molecule has 0 aliphatic carbocycles. The van der Waals surface area contributed by atoms with Gasteiger partial charge in [0, 0.05) is 27.7 Å². The lowest BCUT2D eigenvalue weighted by Gasteiger charge is -2.17. The summed E-state index contributed by atoms with van der Waals surface area (Å²) < 4.78 is 0. The van der Waals surface area contributed by atoms with Gasteiger partial charge in [-0.2, -0.15) is 0 Å². The molecular formula is C22H20ClN3O. The Morgan fingerprint density at radius 1 is 1.11 bits per heavy atom. The van der Waals surface area contributed by atoms with Crippen molar-refractivity contribution in [2.75, 3.05) is 10.6 Å². The Labute approximate surface area is 163 Å². The van der Waals surface area contributed by atoms with E-state index in [1.807, 2.05) is 62.4 Å². The number of carbonyl (C=O) groups is 1. The molecular weight excluding hydrogens is 358 g/mol. The third-order valence-electron chi connectivity index (χ3n) is 4.81. The summed E-state index contributed by atoms with van der Waals surface area (Å²) >= 11 is 5.98. The average molecular weight is 378 g/mol. The van der Waals surface area contributed by atoms with Crippen LogP contribution >= 0.6 is 11.6 Å². The van der Waals surface area contributed by atoms with Crippen LogP contribution in [0.3, 0.4) is 0 Å². The Hall–Kier alpha value is -2.98. The number of halogens is 1. The fourth-order valence-electron chi connectivity index (χ4n) is 3.49. The highest BCUT2D eigenvalue weighted by atomic mass is 35.5. The fraction of sp³-hybridized carbons (Fsp3) is 0.136. The number of hydrogen-bond acceptors (Lipinski definition) is 2. The van der Waals surface area contributed by atoms with E-state index in [-0.39, 0.29) is 5.91 Å². The van der Waals surface area contributed by atoms with E-state index in [0.717, 1.165) is 33.8 Å². The number of amides is 1. The van der Waals surface area contributed by atoms with Crippen LogP contribution in [0.25, 0.3) is 11.6 Å². The fourth-order valence-corrected chi connectivity index (χ4v) is 3.61. The van der Waals surface area contributed by atoms with Crippen molar-refractivity contribution in [3.8, 4) is 0 Å². The summed E-state index contributed by atoms with van der Waals surface area (Å²) in [6.07, 6.45) is 1.92. The Bertz CT molecular complexity index is 1060. The molecule has 1 aliphatic heterocycles. The molecule has 1 aliphatic rings. The summed E-state index contributed by atoms with van der Waals surface area (Å²) in [5.74, 6) is -0.0304. The van der Waals surface area contributed by atoms with E-state index in [9.17, 15) is 4.79 Å². The van der Waals surface area contributed by atoms with E-state index < -0.39 is 0 Å². The molecule has 2 aromatic carbocycles. The average Bonchev–Trinajstić information content (AvgIpc) is 3.07. The number of hydrogen-bond donors (Lipinski definition) is 2. The third kappa shape index (κ3) is 3.24. The molecule has 27 heavy (non-hydrogen) atoms. The first-order valence-electron chi connectivity index (χ1n) is 8.76. The number of anilines is 2. The summed E-state index contributed by atoms with van der Waals surface area (Å²) in [7, 11) is 0. The maximum atomic E-state index is 13.2. The molecule has 0 spiro atoms. The van der Waals surface area contributed by atoms with Crippen molar-refractivity contribution in [2.45, 2.75) is 20.4 Å². The van der Waals surface area contributed by atoms with Gasteiger partial charge in [0.05, 0.1) is 17.8 Å². The van der Waals surface area contributed by atoms with Gasteiger partial charge in [0.15, 0.2) is 0 Å². The molecule has 1 amide bonds. The minimum Gasteiger partial charge on any atom is -0.399 e. The van der Waals surface area contributed by atoms with Crippen molar-refractivity contribution >= 4 is 40.5 Å². The number of rotatable bonds is 3. The lowest BCUT2D eigenvalue weighted by Crippen LogP contribution is -2.25. The number of nitrogens with two attached hydrogens (primary N) is 1. The number of aryl methyl sites for hydroxylation is 2. The van der Waals surface area contributed by atoms with Crippen LogP contribution in [0.1, 0.15) is 28.1 Å². The number of nitrogens with one attached hydrogen (secondary N) is 1.